The molecule has 0 radical (unpaired) electrons. The normalized spacial score (nSPS) is 13.3. The summed E-state index contributed by atoms with van der Waals surface area (Å²) < 4.78 is 16.6. The quantitative estimate of drug-likeness (QED) is 0.406. The molecule has 26 heavy (non-hydrogen) atoms. The molecular weight excluding hydrogens is 338 g/mol. The van der Waals surface area contributed by atoms with Crippen LogP contribution in [0.2, 0.25) is 0 Å². The first-order valence-corrected chi connectivity index (χ1v) is 12.5. The number of benzene rings is 3. The molecule has 3 aromatic carbocycles. The number of halogens is 1. The van der Waals surface area contributed by atoms with E-state index in [4.69, 9.17) is 0 Å². The van der Waals surface area contributed by atoms with Gasteiger partial charge in [-0.1, -0.05) is 0 Å². The van der Waals surface area contributed by atoms with Gasteiger partial charge in [0.2, 0.25) is 0 Å². The minimum atomic E-state index is -3.43. The second-order valence-corrected chi connectivity index (χ2v) is 13.7. The van der Waals surface area contributed by atoms with E-state index < -0.39 is 6.91 Å². The van der Waals surface area contributed by atoms with Gasteiger partial charge >= 0.3 is 157 Å². The molecule has 2 heteroatoms. The molecule has 0 atom stereocenters. The summed E-state index contributed by atoms with van der Waals surface area (Å²) in [7, 11) is 0. The minimum absolute atomic E-state index is 0.00556. The Morgan fingerprint density at radius 2 is 0.962 bits per heavy atom. The van der Waals surface area contributed by atoms with Crippen molar-refractivity contribution in [3.05, 3.63) is 108 Å². The maximum absolute atomic E-state index is 16.6. The summed E-state index contributed by atoms with van der Waals surface area (Å²) in [5.41, 5.74) is 3.54. The van der Waals surface area contributed by atoms with Crippen molar-refractivity contribution in [1.82, 2.24) is 0 Å². The molecule has 0 N–H and O–H groups in total. The van der Waals surface area contributed by atoms with Gasteiger partial charge in [0.15, 0.2) is 0 Å². The number of hydrogen-bond acceptors (Lipinski definition) is 0. The molecule has 0 saturated carbocycles. The third kappa shape index (κ3) is 5.02. The zero-order valence-corrected chi connectivity index (χ0v) is 16.6. The van der Waals surface area contributed by atoms with Crippen LogP contribution in [0.3, 0.4) is 0 Å². The number of rotatable bonds is 7. The molecular formula is C24H28FP. The Labute approximate surface area is 157 Å². The molecule has 136 valence electrons. The summed E-state index contributed by atoms with van der Waals surface area (Å²) in [4.78, 5) is 0. The molecule has 0 spiro atoms. The molecule has 0 aromatic heterocycles. The molecule has 0 aliphatic rings. The predicted molar refractivity (Wildman–Crippen MR) is 114 cm³/mol. The SMILES string of the molecule is CP(C)(F)(Cc1ccccc1)C(Cc1ccccc1)Cc1ccccc1. The fourth-order valence-electron chi connectivity index (χ4n) is 3.66. The third-order valence-corrected chi connectivity index (χ3v) is 9.17. The van der Waals surface area contributed by atoms with E-state index in [0.717, 1.165) is 18.4 Å². The van der Waals surface area contributed by atoms with Crippen LogP contribution in [0.1, 0.15) is 16.7 Å². The fraction of sp³-hybridized carbons (Fsp3) is 0.250. The molecule has 0 amide bonds. The summed E-state index contributed by atoms with van der Waals surface area (Å²) in [6.45, 7) is 0.396. The van der Waals surface area contributed by atoms with Crippen molar-refractivity contribution in [1.29, 1.82) is 0 Å². The zero-order valence-electron chi connectivity index (χ0n) is 15.7. The van der Waals surface area contributed by atoms with E-state index in [2.05, 4.69) is 36.4 Å². The van der Waals surface area contributed by atoms with Crippen LogP contribution in [0, 0.1) is 0 Å². The van der Waals surface area contributed by atoms with E-state index in [0.29, 0.717) is 6.16 Å². The number of hydrogen-bond donors (Lipinski definition) is 0. The topological polar surface area (TPSA) is 0 Å². The molecule has 0 heterocycles. The zero-order chi connectivity index (χ0) is 18.5. The van der Waals surface area contributed by atoms with Gasteiger partial charge < -0.3 is 0 Å². The van der Waals surface area contributed by atoms with E-state index in [1.165, 1.54) is 11.1 Å². The summed E-state index contributed by atoms with van der Waals surface area (Å²) >= 11 is 0. The Morgan fingerprint density at radius 3 is 1.35 bits per heavy atom. The Hall–Kier alpha value is -1.98. The van der Waals surface area contributed by atoms with Gasteiger partial charge in [0.05, 0.1) is 0 Å². The van der Waals surface area contributed by atoms with Crippen molar-refractivity contribution >= 4 is 6.91 Å². The summed E-state index contributed by atoms with van der Waals surface area (Å²) in [6.07, 6.45) is 2.10. The molecule has 0 nitrogen and oxygen atoms in total. The van der Waals surface area contributed by atoms with Crippen LogP contribution in [-0.4, -0.2) is 19.0 Å². The Balaban J connectivity index is 1.92. The molecule has 0 aliphatic carbocycles. The Kier molecular flexibility index (Phi) is 5.58. The van der Waals surface area contributed by atoms with Crippen LogP contribution >= 0.6 is 6.91 Å². The Bertz CT molecular complexity index is 763. The molecule has 0 aliphatic heterocycles. The van der Waals surface area contributed by atoms with Crippen LogP contribution in [-0.2, 0) is 19.0 Å². The molecule has 0 fully saturated rings. The van der Waals surface area contributed by atoms with E-state index in [1.54, 1.807) is 0 Å². The Morgan fingerprint density at radius 1 is 0.615 bits per heavy atom. The maximum atomic E-state index is 16.6. The monoisotopic (exact) mass is 366 g/mol. The van der Waals surface area contributed by atoms with Gasteiger partial charge in [-0.15, -0.1) is 0 Å². The standard InChI is InChI=1S/C24H28FP/c1-26(2,25,20-23-16-10-5-11-17-23)24(18-21-12-6-3-7-13-21)19-22-14-8-4-9-15-22/h3-17,24H,18-20H2,1-2H3. The van der Waals surface area contributed by atoms with Gasteiger partial charge in [-0.2, -0.15) is 0 Å². The molecule has 0 saturated heterocycles. The average molecular weight is 366 g/mol. The first kappa shape index (κ1) is 18.8. The summed E-state index contributed by atoms with van der Waals surface area (Å²) in [6, 6.07) is 30.8. The van der Waals surface area contributed by atoms with Crippen molar-refractivity contribution in [3.63, 3.8) is 0 Å². The average Bonchev–Trinajstić information content (AvgIpc) is 2.63. The van der Waals surface area contributed by atoms with Gasteiger partial charge in [0, 0.05) is 0 Å². The van der Waals surface area contributed by atoms with Crippen LogP contribution < -0.4 is 0 Å². The van der Waals surface area contributed by atoms with Crippen molar-refractivity contribution in [2.24, 2.45) is 0 Å². The van der Waals surface area contributed by atoms with Gasteiger partial charge in [0.25, 0.3) is 0 Å². The van der Waals surface area contributed by atoms with Crippen molar-refractivity contribution < 1.29 is 4.20 Å². The predicted octanol–water partition coefficient (Wildman–Crippen LogP) is 6.74. The second-order valence-electron chi connectivity index (χ2n) is 8.01. The summed E-state index contributed by atoms with van der Waals surface area (Å²) in [5.74, 6) is 0. The van der Waals surface area contributed by atoms with E-state index in [-0.39, 0.29) is 5.66 Å². The van der Waals surface area contributed by atoms with Crippen LogP contribution in [0.15, 0.2) is 91.0 Å². The van der Waals surface area contributed by atoms with E-state index in [9.17, 15) is 0 Å². The van der Waals surface area contributed by atoms with Crippen LogP contribution in [0.25, 0.3) is 0 Å². The van der Waals surface area contributed by atoms with E-state index >= 15 is 4.20 Å². The van der Waals surface area contributed by atoms with Crippen molar-refractivity contribution in [3.8, 4) is 0 Å². The van der Waals surface area contributed by atoms with Gasteiger partial charge in [-0.25, -0.2) is 0 Å². The fourth-order valence-corrected chi connectivity index (χ4v) is 6.76. The molecule has 0 unspecified atom stereocenters. The van der Waals surface area contributed by atoms with Crippen LogP contribution in [0.4, 0.5) is 4.20 Å². The van der Waals surface area contributed by atoms with Gasteiger partial charge in [0.1, 0.15) is 0 Å². The molecule has 3 aromatic rings. The third-order valence-electron chi connectivity index (χ3n) is 5.25. The van der Waals surface area contributed by atoms with Crippen LogP contribution in [0.5, 0.6) is 0 Å². The molecule has 0 bridgehead atoms. The summed E-state index contributed by atoms with van der Waals surface area (Å²) in [5, 5.41) is 0. The van der Waals surface area contributed by atoms with Crippen molar-refractivity contribution in [2.75, 3.05) is 13.3 Å². The van der Waals surface area contributed by atoms with Gasteiger partial charge in [-0.3, -0.25) is 0 Å². The van der Waals surface area contributed by atoms with E-state index in [1.807, 2.05) is 67.9 Å². The van der Waals surface area contributed by atoms with Crippen molar-refractivity contribution in [2.45, 2.75) is 24.7 Å². The first-order chi connectivity index (χ1) is 12.4. The second kappa shape index (κ2) is 7.72. The van der Waals surface area contributed by atoms with Gasteiger partial charge in [-0.05, 0) is 0 Å². The molecule has 3 rings (SSSR count). The first-order valence-electron chi connectivity index (χ1n) is 9.25.